The minimum absolute atomic E-state index is 0.0853. The average Bonchev–Trinajstić information content (AvgIpc) is 3.08. The molecular formula is C23H31N3O5. The van der Waals surface area contributed by atoms with Crippen molar-refractivity contribution < 1.29 is 23.8 Å². The number of carbonyl (C=O) groups excluding carboxylic acids is 2. The van der Waals surface area contributed by atoms with E-state index in [-0.39, 0.29) is 18.6 Å². The van der Waals surface area contributed by atoms with E-state index >= 15 is 0 Å². The second kappa shape index (κ2) is 10.3. The predicted molar refractivity (Wildman–Crippen MR) is 118 cm³/mol. The maximum atomic E-state index is 12.9. The summed E-state index contributed by atoms with van der Waals surface area (Å²) >= 11 is 0. The number of anilines is 1. The Morgan fingerprint density at radius 2 is 1.77 bits per heavy atom. The Morgan fingerprint density at radius 3 is 2.39 bits per heavy atom. The summed E-state index contributed by atoms with van der Waals surface area (Å²) in [4.78, 5) is 30.6. The molecule has 0 atom stereocenters. The van der Waals surface area contributed by atoms with Gasteiger partial charge in [0.2, 0.25) is 0 Å². The molecule has 2 N–H and O–H groups in total. The van der Waals surface area contributed by atoms with E-state index in [4.69, 9.17) is 14.2 Å². The maximum Gasteiger partial charge on any atom is 0.340 e. The van der Waals surface area contributed by atoms with Crippen LogP contribution < -0.4 is 15.0 Å². The number of rotatable bonds is 8. The Hall–Kier alpha value is -3.00. The zero-order valence-corrected chi connectivity index (χ0v) is 18.6. The zero-order chi connectivity index (χ0) is 22.4. The van der Waals surface area contributed by atoms with Gasteiger partial charge >= 0.3 is 5.97 Å². The van der Waals surface area contributed by atoms with Crippen molar-refractivity contribution in [3.8, 4) is 5.75 Å². The Morgan fingerprint density at radius 1 is 1.10 bits per heavy atom. The summed E-state index contributed by atoms with van der Waals surface area (Å²) in [6.45, 7) is 5.75. The standard InChI is InChI=1S/C23H31N3O5/c1-15-20(23(28)31-14-13-29-3)16(2)24-21(15)22(27)25-17-9-11-26(12-10-17)18-5-7-19(30-4)8-6-18/h5-8,17,24H,9-14H2,1-4H3,(H,25,27). The third-order valence-corrected chi connectivity index (χ3v) is 5.66. The van der Waals surface area contributed by atoms with Crippen molar-refractivity contribution >= 4 is 17.6 Å². The molecule has 8 heteroatoms. The van der Waals surface area contributed by atoms with E-state index in [1.807, 2.05) is 12.1 Å². The van der Waals surface area contributed by atoms with Crippen LogP contribution in [-0.4, -0.2) is 63.4 Å². The highest BCUT2D eigenvalue weighted by atomic mass is 16.6. The first kappa shape index (κ1) is 22.7. The van der Waals surface area contributed by atoms with Crippen LogP contribution in [0.25, 0.3) is 0 Å². The lowest BCUT2D eigenvalue weighted by molar-refractivity contribution is 0.0387. The van der Waals surface area contributed by atoms with Gasteiger partial charge in [0.15, 0.2) is 0 Å². The second-order valence-corrected chi connectivity index (χ2v) is 7.69. The molecule has 0 saturated carbocycles. The number of hydrogen-bond acceptors (Lipinski definition) is 6. The lowest BCUT2D eigenvalue weighted by Crippen LogP contribution is -2.45. The fourth-order valence-corrected chi connectivity index (χ4v) is 3.91. The van der Waals surface area contributed by atoms with Gasteiger partial charge in [0, 0.05) is 37.6 Å². The SMILES string of the molecule is COCCOC(=O)c1c(C)[nH]c(C(=O)NC2CCN(c3ccc(OC)cc3)CC2)c1C. The topological polar surface area (TPSA) is 92.9 Å². The van der Waals surface area contributed by atoms with Gasteiger partial charge < -0.3 is 29.4 Å². The molecule has 1 amide bonds. The first-order valence-corrected chi connectivity index (χ1v) is 10.5. The second-order valence-electron chi connectivity index (χ2n) is 7.69. The van der Waals surface area contributed by atoms with Crippen molar-refractivity contribution in [1.29, 1.82) is 0 Å². The fourth-order valence-electron chi connectivity index (χ4n) is 3.91. The van der Waals surface area contributed by atoms with E-state index in [2.05, 4.69) is 27.3 Å². The van der Waals surface area contributed by atoms with Crippen molar-refractivity contribution in [3.63, 3.8) is 0 Å². The number of amides is 1. The van der Waals surface area contributed by atoms with Crippen LogP contribution in [0.1, 0.15) is 44.9 Å². The third-order valence-electron chi connectivity index (χ3n) is 5.66. The zero-order valence-electron chi connectivity index (χ0n) is 18.6. The third kappa shape index (κ3) is 5.38. The van der Waals surface area contributed by atoms with Crippen LogP contribution >= 0.6 is 0 Å². The molecule has 0 bridgehead atoms. The number of nitrogens with one attached hydrogen (secondary N) is 2. The molecule has 2 heterocycles. The van der Waals surface area contributed by atoms with Gasteiger partial charge in [0.1, 0.15) is 18.1 Å². The number of ether oxygens (including phenoxy) is 3. The normalized spacial score (nSPS) is 14.4. The number of aryl methyl sites for hydroxylation is 1. The van der Waals surface area contributed by atoms with E-state index in [1.165, 1.54) is 0 Å². The van der Waals surface area contributed by atoms with Crippen molar-refractivity contribution in [2.24, 2.45) is 0 Å². The molecule has 0 aliphatic carbocycles. The number of benzene rings is 1. The molecule has 31 heavy (non-hydrogen) atoms. The number of aromatic nitrogens is 1. The molecule has 8 nitrogen and oxygen atoms in total. The van der Waals surface area contributed by atoms with Gasteiger partial charge in [-0.05, 0) is 56.5 Å². The van der Waals surface area contributed by atoms with Gasteiger partial charge in [0.25, 0.3) is 5.91 Å². The fraction of sp³-hybridized carbons (Fsp3) is 0.478. The summed E-state index contributed by atoms with van der Waals surface area (Å²) in [6.07, 6.45) is 1.70. The minimum Gasteiger partial charge on any atom is -0.497 e. The Kier molecular flexibility index (Phi) is 7.57. The Labute approximate surface area is 182 Å². The van der Waals surface area contributed by atoms with E-state index in [0.29, 0.717) is 29.1 Å². The van der Waals surface area contributed by atoms with Crippen LogP contribution in [0.5, 0.6) is 5.75 Å². The average molecular weight is 430 g/mol. The quantitative estimate of drug-likeness (QED) is 0.495. The molecule has 1 fully saturated rings. The van der Waals surface area contributed by atoms with Gasteiger partial charge in [0.05, 0.1) is 19.3 Å². The van der Waals surface area contributed by atoms with Crippen LogP contribution in [0.3, 0.4) is 0 Å². The summed E-state index contributed by atoms with van der Waals surface area (Å²) in [5.41, 5.74) is 3.20. The highest BCUT2D eigenvalue weighted by Gasteiger charge is 2.26. The first-order valence-electron chi connectivity index (χ1n) is 10.5. The molecule has 0 radical (unpaired) electrons. The summed E-state index contributed by atoms with van der Waals surface area (Å²) in [7, 11) is 3.20. The number of esters is 1. The van der Waals surface area contributed by atoms with Crippen LogP contribution in [0.2, 0.25) is 0 Å². The largest absolute Gasteiger partial charge is 0.497 e. The summed E-state index contributed by atoms with van der Waals surface area (Å²) in [5, 5.41) is 3.11. The van der Waals surface area contributed by atoms with Gasteiger partial charge in [-0.2, -0.15) is 0 Å². The van der Waals surface area contributed by atoms with Gasteiger partial charge in [-0.25, -0.2) is 4.79 Å². The van der Waals surface area contributed by atoms with Gasteiger partial charge in [-0.1, -0.05) is 0 Å². The molecule has 0 spiro atoms. The van der Waals surface area contributed by atoms with Crippen molar-refractivity contribution in [2.45, 2.75) is 32.7 Å². The minimum atomic E-state index is -0.449. The van der Waals surface area contributed by atoms with Gasteiger partial charge in [-0.3, -0.25) is 4.79 Å². The highest BCUT2D eigenvalue weighted by molar-refractivity contribution is 6.00. The molecule has 1 saturated heterocycles. The highest BCUT2D eigenvalue weighted by Crippen LogP contribution is 2.24. The maximum absolute atomic E-state index is 12.9. The summed E-state index contributed by atoms with van der Waals surface area (Å²) < 4.78 is 15.3. The predicted octanol–water partition coefficient (Wildman–Crippen LogP) is 2.84. The number of piperidine rings is 1. The molecule has 1 aromatic heterocycles. The smallest absolute Gasteiger partial charge is 0.340 e. The number of methoxy groups -OCH3 is 2. The molecule has 1 aromatic carbocycles. The van der Waals surface area contributed by atoms with E-state index in [1.54, 1.807) is 28.1 Å². The molecule has 2 aromatic rings. The summed E-state index contributed by atoms with van der Waals surface area (Å²) in [6, 6.07) is 8.10. The van der Waals surface area contributed by atoms with E-state index in [0.717, 1.165) is 37.4 Å². The Balaban J connectivity index is 1.57. The van der Waals surface area contributed by atoms with Crippen molar-refractivity contribution in [1.82, 2.24) is 10.3 Å². The number of carbonyl (C=O) groups is 2. The lowest BCUT2D eigenvalue weighted by Gasteiger charge is -2.34. The molecule has 0 unspecified atom stereocenters. The van der Waals surface area contributed by atoms with E-state index < -0.39 is 5.97 Å². The van der Waals surface area contributed by atoms with E-state index in [9.17, 15) is 9.59 Å². The van der Waals surface area contributed by atoms with Crippen LogP contribution in [0.4, 0.5) is 5.69 Å². The molecule has 168 valence electrons. The Bertz CT molecular complexity index is 899. The van der Waals surface area contributed by atoms with Crippen LogP contribution in [-0.2, 0) is 9.47 Å². The monoisotopic (exact) mass is 429 g/mol. The molecule has 3 rings (SSSR count). The summed E-state index contributed by atoms with van der Waals surface area (Å²) in [5.74, 6) is 0.194. The van der Waals surface area contributed by atoms with Crippen molar-refractivity contribution in [2.75, 3.05) is 45.4 Å². The molecule has 1 aliphatic heterocycles. The number of H-pyrrole nitrogens is 1. The first-order chi connectivity index (χ1) is 14.9. The van der Waals surface area contributed by atoms with Gasteiger partial charge in [-0.15, -0.1) is 0 Å². The van der Waals surface area contributed by atoms with Crippen molar-refractivity contribution in [3.05, 3.63) is 46.8 Å². The lowest BCUT2D eigenvalue weighted by atomic mass is 10.0. The molecular weight excluding hydrogens is 398 g/mol. The molecule has 1 aliphatic rings. The van der Waals surface area contributed by atoms with Crippen LogP contribution in [0.15, 0.2) is 24.3 Å². The van der Waals surface area contributed by atoms with Crippen LogP contribution in [0, 0.1) is 13.8 Å². The number of nitrogens with zero attached hydrogens (tertiary/aromatic N) is 1. The number of hydrogen-bond donors (Lipinski definition) is 2. The number of aromatic amines is 1.